The number of hydrogen-bond acceptors (Lipinski definition) is 6. The predicted molar refractivity (Wildman–Crippen MR) is 66.5 cm³/mol. The van der Waals surface area contributed by atoms with Crippen molar-refractivity contribution in [2.45, 2.75) is 19.4 Å². The smallest absolute Gasteiger partial charge is 0.312 e. The summed E-state index contributed by atoms with van der Waals surface area (Å²) >= 11 is 0. The molecule has 0 rings (SSSR count). The Hall–Kier alpha value is -1.99. The van der Waals surface area contributed by atoms with Gasteiger partial charge in [0, 0.05) is 15.9 Å². The lowest BCUT2D eigenvalue weighted by molar-refractivity contribution is -0.152. The van der Waals surface area contributed by atoms with Gasteiger partial charge in [-0.05, 0) is 24.5 Å². The molecule has 0 radical (unpaired) electrons. The van der Waals surface area contributed by atoms with Gasteiger partial charge in [-0.25, -0.2) is 0 Å². The number of azide groups is 2. The Morgan fingerprint density at radius 1 is 1.42 bits per heavy atom. The molecule has 10 nitrogen and oxygen atoms in total. The van der Waals surface area contributed by atoms with E-state index in [-0.39, 0.29) is 12.7 Å². The van der Waals surface area contributed by atoms with Crippen molar-refractivity contribution >= 4 is 5.97 Å². The van der Waals surface area contributed by atoms with Gasteiger partial charge in [0.2, 0.25) is 0 Å². The van der Waals surface area contributed by atoms with Gasteiger partial charge in [-0.1, -0.05) is 17.2 Å². The maximum Gasteiger partial charge on any atom is 0.312 e. The summed E-state index contributed by atoms with van der Waals surface area (Å²) in [6.45, 7) is 1.09. The molecule has 2 atom stereocenters. The lowest BCUT2D eigenvalue weighted by Crippen LogP contribution is -2.43. The van der Waals surface area contributed by atoms with Crippen LogP contribution in [-0.2, 0) is 9.53 Å². The Bertz CT molecular complexity index is 376. The number of carbonyl (C=O) groups excluding carboxylic acids is 1. The van der Waals surface area contributed by atoms with Gasteiger partial charge in [-0.2, -0.15) is 0 Å². The van der Waals surface area contributed by atoms with Crippen LogP contribution in [0.15, 0.2) is 10.2 Å². The van der Waals surface area contributed by atoms with Gasteiger partial charge in [0.1, 0.15) is 0 Å². The van der Waals surface area contributed by atoms with Crippen molar-refractivity contribution < 1.29 is 14.6 Å². The quantitative estimate of drug-likeness (QED) is 0.292. The number of aliphatic hydroxyl groups excluding tert-OH is 1. The Kier molecular flexibility index (Phi) is 8.94. The number of esters is 1. The summed E-state index contributed by atoms with van der Waals surface area (Å²) in [6.07, 6.45) is 0.555. The fraction of sp³-hybridized carbons (Fsp3) is 0.889. The molecule has 0 amide bonds. The summed E-state index contributed by atoms with van der Waals surface area (Å²) in [6, 6.07) is -0.339. The number of ether oxygens (including phenoxy) is 1. The van der Waals surface area contributed by atoms with Crippen molar-refractivity contribution in [2.75, 3.05) is 27.1 Å². The second-order valence-corrected chi connectivity index (χ2v) is 3.72. The molecule has 0 aliphatic carbocycles. The van der Waals surface area contributed by atoms with Crippen LogP contribution in [0.25, 0.3) is 20.9 Å². The van der Waals surface area contributed by atoms with E-state index in [1.807, 2.05) is 6.92 Å². The zero-order chi connectivity index (χ0) is 14.7. The summed E-state index contributed by atoms with van der Waals surface area (Å²) in [7, 11) is 1.67. The largest absolute Gasteiger partial charge is 0.459 e. The highest BCUT2D eigenvalue weighted by atomic mass is 16.5. The fourth-order valence-electron chi connectivity index (χ4n) is 1.71. The number of hydrogen-bond donors (Lipinski definition) is 1. The number of aliphatic hydroxyl groups is 1. The Labute approximate surface area is 110 Å². The Morgan fingerprint density at radius 2 is 2.05 bits per heavy atom. The Balaban J connectivity index is 4.70. The van der Waals surface area contributed by atoms with Crippen molar-refractivity contribution in [1.29, 1.82) is 0 Å². The van der Waals surface area contributed by atoms with Crippen molar-refractivity contribution in [3.05, 3.63) is 20.9 Å². The summed E-state index contributed by atoms with van der Waals surface area (Å²) in [4.78, 5) is 18.5. The molecule has 0 aromatic carbocycles. The molecular formula is C9H17N7O3. The summed E-state index contributed by atoms with van der Waals surface area (Å²) < 4.78 is 4.72. The van der Waals surface area contributed by atoms with E-state index in [0.717, 1.165) is 0 Å². The van der Waals surface area contributed by atoms with Gasteiger partial charge in [0.15, 0.2) is 6.73 Å². The van der Waals surface area contributed by atoms with E-state index in [1.54, 1.807) is 11.9 Å². The van der Waals surface area contributed by atoms with Crippen molar-refractivity contribution in [2.24, 2.45) is 16.1 Å². The van der Waals surface area contributed by atoms with E-state index >= 15 is 0 Å². The molecule has 0 aliphatic rings. The predicted octanol–water partition coefficient (Wildman–Crippen LogP) is 1.38. The van der Waals surface area contributed by atoms with E-state index in [4.69, 9.17) is 15.8 Å². The van der Waals surface area contributed by atoms with Crippen molar-refractivity contribution in [1.82, 2.24) is 4.90 Å². The van der Waals surface area contributed by atoms with E-state index in [1.165, 1.54) is 0 Å². The van der Waals surface area contributed by atoms with Crippen molar-refractivity contribution in [3.63, 3.8) is 0 Å². The Morgan fingerprint density at radius 3 is 2.53 bits per heavy atom. The first-order chi connectivity index (χ1) is 9.12. The third kappa shape index (κ3) is 5.94. The summed E-state index contributed by atoms with van der Waals surface area (Å²) in [5.41, 5.74) is 16.3. The normalized spacial score (nSPS) is 13.1. The topological polar surface area (TPSA) is 147 Å². The molecule has 0 heterocycles. The first-order valence-electron chi connectivity index (χ1n) is 5.61. The number of carbonyl (C=O) groups is 1. The van der Waals surface area contributed by atoms with Crippen LogP contribution in [0.3, 0.4) is 0 Å². The molecule has 2 unspecified atom stereocenters. The molecule has 0 bridgehead atoms. The SMILES string of the molecule is CCC(C(CO)C(=O)OCN=[N+]=[N-])N(C)CN=[N+]=[N-]. The van der Waals surface area contributed by atoms with Gasteiger partial charge in [0.05, 0.1) is 19.2 Å². The second-order valence-electron chi connectivity index (χ2n) is 3.72. The van der Waals surface area contributed by atoms with Gasteiger partial charge in [0.25, 0.3) is 0 Å². The van der Waals surface area contributed by atoms with Gasteiger partial charge in [-0.3, -0.25) is 9.69 Å². The number of rotatable bonds is 9. The first kappa shape index (κ1) is 17.0. The van der Waals surface area contributed by atoms with Crippen LogP contribution in [-0.4, -0.2) is 49.1 Å². The monoisotopic (exact) mass is 271 g/mol. The molecule has 10 heteroatoms. The lowest BCUT2D eigenvalue weighted by atomic mass is 9.97. The molecule has 1 N–H and O–H groups in total. The van der Waals surface area contributed by atoms with Crippen LogP contribution in [0, 0.1) is 5.92 Å². The van der Waals surface area contributed by atoms with E-state index in [0.29, 0.717) is 6.42 Å². The maximum absolute atomic E-state index is 11.7. The van der Waals surface area contributed by atoms with Gasteiger partial charge in [-0.15, -0.1) is 0 Å². The molecule has 106 valence electrons. The van der Waals surface area contributed by atoms with Crippen LogP contribution in [0.2, 0.25) is 0 Å². The van der Waals surface area contributed by atoms with Crippen LogP contribution in [0.1, 0.15) is 13.3 Å². The van der Waals surface area contributed by atoms with Crippen LogP contribution in [0.5, 0.6) is 0 Å². The zero-order valence-corrected chi connectivity index (χ0v) is 10.9. The zero-order valence-electron chi connectivity index (χ0n) is 10.9. The second kappa shape index (κ2) is 9.98. The highest BCUT2D eigenvalue weighted by Crippen LogP contribution is 2.15. The van der Waals surface area contributed by atoms with E-state index < -0.39 is 25.2 Å². The minimum atomic E-state index is -0.794. The molecule has 0 aromatic rings. The minimum Gasteiger partial charge on any atom is -0.459 e. The van der Waals surface area contributed by atoms with Crippen molar-refractivity contribution in [3.8, 4) is 0 Å². The number of nitrogens with zero attached hydrogens (tertiary/aromatic N) is 7. The highest BCUT2D eigenvalue weighted by molar-refractivity contribution is 5.73. The summed E-state index contributed by atoms with van der Waals surface area (Å²) in [5.74, 6) is -1.45. The molecule has 0 fully saturated rings. The van der Waals surface area contributed by atoms with Gasteiger partial charge < -0.3 is 9.84 Å². The average Bonchev–Trinajstić information content (AvgIpc) is 2.41. The van der Waals surface area contributed by atoms with Gasteiger partial charge >= 0.3 is 5.97 Å². The highest BCUT2D eigenvalue weighted by Gasteiger charge is 2.30. The third-order valence-corrected chi connectivity index (χ3v) is 2.63. The fourth-order valence-corrected chi connectivity index (χ4v) is 1.71. The molecule has 0 saturated heterocycles. The molecule has 0 saturated carbocycles. The minimum absolute atomic E-state index is 0.0785. The maximum atomic E-state index is 11.7. The third-order valence-electron chi connectivity index (χ3n) is 2.63. The molecular weight excluding hydrogens is 254 g/mol. The van der Waals surface area contributed by atoms with Crippen LogP contribution < -0.4 is 0 Å². The molecule has 0 aliphatic heterocycles. The van der Waals surface area contributed by atoms with E-state index in [2.05, 4.69) is 20.1 Å². The first-order valence-corrected chi connectivity index (χ1v) is 5.61. The van der Waals surface area contributed by atoms with E-state index in [9.17, 15) is 9.90 Å². The molecule has 0 spiro atoms. The molecule has 0 aromatic heterocycles. The lowest BCUT2D eigenvalue weighted by Gasteiger charge is -2.30. The van der Waals surface area contributed by atoms with Crippen LogP contribution in [0.4, 0.5) is 0 Å². The summed E-state index contributed by atoms with van der Waals surface area (Å²) in [5, 5.41) is 15.8. The standard InChI is InChI=1S/C9H17N7O3/c1-3-8(16(2)5-12-14-10)7(4-17)9(18)19-6-13-15-11/h7-8,17H,3-6H2,1-2H3. The van der Waals surface area contributed by atoms with Crippen LogP contribution >= 0.6 is 0 Å². The molecule has 19 heavy (non-hydrogen) atoms. The average molecular weight is 271 g/mol.